The first-order chi connectivity index (χ1) is 11.5. The Morgan fingerprint density at radius 1 is 1.04 bits per heavy atom. The number of para-hydroxylation sites is 1. The summed E-state index contributed by atoms with van der Waals surface area (Å²) in [6.07, 6.45) is 0.896. The number of aromatic nitrogens is 2. The molecule has 2 heterocycles. The van der Waals surface area contributed by atoms with Gasteiger partial charge in [0.25, 0.3) is 5.91 Å². The van der Waals surface area contributed by atoms with E-state index in [1.54, 1.807) is 0 Å². The molecule has 0 saturated carbocycles. The summed E-state index contributed by atoms with van der Waals surface area (Å²) in [7, 11) is 0. The van der Waals surface area contributed by atoms with Gasteiger partial charge in [0.2, 0.25) is 0 Å². The molecule has 1 aliphatic heterocycles. The van der Waals surface area contributed by atoms with E-state index in [0.29, 0.717) is 5.56 Å². The van der Waals surface area contributed by atoms with Gasteiger partial charge < -0.3 is 4.90 Å². The van der Waals surface area contributed by atoms with Crippen LogP contribution in [0.15, 0.2) is 42.5 Å². The molecule has 0 saturated heterocycles. The van der Waals surface area contributed by atoms with Gasteiger partial charge in [-0.3, -0.25) is 4.79 Å². The van der Waals surface area contributed by atoms with Crippen molar-refractivity contribution < 1.29 is 4.79 Å². The topological polar surface area (TPSA) is 46.1 Å². The molecule has 1 aliphatic rings. The Morgan fingerprint density at radius 2 is 1.75 bits per heavy atom. The highest BCUT2D eigenvalue weighted by molar-refractivity contribution is 6.09. The van der Waals surface area contributed by atoms with Crippen LogP contribution in [0.2, 0.25) is 0 Å². The molecule has 4 nitrogen and oxygen atoms in total. The van der Waals surface area contributed by atoms with E-state index in [1.807, 2.05) is 55.1 Å². The summed E-state index contributed by atoms with van der Waals surface area (Å²) < 4.78 is 0. The molecule has 4 rings (SSSR count). The van der Waals surface area contributed by atoms with Crippen molar-refractivity contribution in [1.82, 2.24) is 9.97 Å². The number of hydrogen-bond donors (Lipinski definition) is 0. The highest BCUT2D eigenvalue weighted by Crippen LogP contribution is 2.33. The lowest BCUT2D eigenvalue weighted by Gasteiger charge is -2.23. The predicted molar refractivity (Wildman–Crippen MR) is 95.4 cm³/mol. The minimum atomic E-state index is 0.0226. The van der Waals surface area contributed by atoms with Crippen LogP contribution in [0.4, 0.5) is 5.69 Å². The molecule has 0 spiro atoms. The maximum atomic E-state index is 13.1. The van der Waals surface area contributed by atoms with E-state index >= 15 is 0 Å². The van der Waals surface area contributed by atoms with Crippen molar-refractivity contribution >= 4 is 22.6 Å². The number of amides is 1. The number of hydrogen-bond acceptors (Lipinski definition) is 3. The number of benzene rings is 2. The van der Waals surface area contributed by atoms with Crippen LogP contribution in [0.5, 0.6) is 0 Å². The summed E-state index contributed by atoms with van der Waals surface area (Å²) >= 11 is 0. The monoisotopic (exact) mass is 317 g/mol. The molecule has 2 aromatic carbocycles. The maximum Gasteiger partial charge on any atom is 0.258 e. The molecule has 24 heavy (non-hydrogen) atoms. The predicted octanol–water partition coefficient (Wildman–Crippen LogP) is 3.84. The first kappa shape index (κ1) is 14.8. The summed E-state index contributed by atoms with van der Waals surface area (Å²) in [4.78, 5) is 24.1. The van der Waals surface area contributed by atoms with E-state index in [2.05, 4.69) is 23.0 Å². The first-order valence-electron chi connectivity index (χ1n) is 8.21. The van der Waals surface area contributed by atoms with Gasteiger partial charge in [-0.2, -0.15) is 0 Å². The number of rotatable bonds is 1. The van der Waals surface area contributed by atoms with Crippen molar-refractivity contribution in [3.05, 3.63) is 65.0 Å². The third-order valence-corrected chi connectivity index (χ3v) is 4.75. The van der Waals surface area contributed by atoms with E-state index in [9.17, 15) is 4.79 Å². The molecule has 1 amide bonds. The third kappa shape index (κ3) is 2.26. The standard InChI is InChI=1S/C20H19N3O/c1-12-10-15-6-4-5-7-19(15)23(12)20(24)16-8-9-17-18(11-16)22-14(3)13(2)21-17/h4-9,11-12H,10H2,1-3H3. The molecular formula is C20H19N3O. The Kier molecular flexibility index (Phi) is 3.34. The average molecular weight is 317 g/mol. The number of carbonyl (C=O) groups excluding carboxylic acids is 1. The fourth-order valence-electron chi connectivity index (χ4n) is 3.38. The molecule has 1 unspecified atom stereocenters. The minimum absolute atomic E-state index is 0.0226. The third-order valence-electron chi connectivity index (χ3n) is 4.75. The second-order valence-electron chi connectivity index (χ2n) is 6.45. The zero-order valence-corrected chi connectivity index (χ0v) is 14.1. The Morgan fingerprint density at radius 3 is 2.54 bits per heavy atom. The van der Waals surface area contributed by atoms with Crippen molar-refractivity contribution in [2.24, 2.45) is 0 Å². The van der Waals surface area contributed by atoms with E-state index in [4.69, 9.17) is 0 Å². The average Bonchev–Trinajstić information content (AvgIpc) is 2.90. The van der Waals surface area contributed by atoms with Crippen molar-refractivity contribution in [2.45, 2.75) is 33.2 Å². The lowest BCUT2D eigenvalue weighted by atomic mass is 10.1. The molecule has 0 N–H and O–H groups in total. The van der Waals surface area contributed by atoms with Crippen molar-refractivity contribution in [3.63, 3.8) is 0 Å². The van der Waals surface area contributed by atoms with Crippen LogP contribution >= 0.6 is 0 Å². The van der Waals surface area contributed by atoms with Gasteiger partial charge in [-0.15, -0.1) is 0 Å². The fourth-order valence-corrected chi connectivity index (χ4v) is 3.38. The van der Waals surface area contributed by atoms with Gasteiger partial charge in [-0.05, 0) is 57.0 Å². The smallest absolute Gasteiger partial charge is 0.258 e. The van der Waals surface area contributed by atoms with Gasteiger partial charge in [0.15, 0.2) is 0 Å². The molecule has 0 fully saturated rings. The highest BCUT2D eigenvalue weighted by Gasteiger charge is 2.31. The Labute approximate surface area is 141 Å². The normalized spacial score (nSPS) is 16.5. The molecule has 3 aromatic rings. The van der Waals surface area contributed by atoms with E-state index in [1.165, 1.54) is 5.56 Å². The summed E-state index contributed by atoms with van der Waals surface area (Å²) in [5.41, 5.74) is 6.31. The number of fused-ring (bicyclic) bond motifs is 2. The lowest BCUT2D eigenvalue weighted by Crippen LogP contribution is -2.35. The van der Waals surface area contributed by atoms with Gasteiger partial charge in [-0.1, -0.05) is 18.2 Å². The zero-order chi connectivity index (χ0) is 16.8. The first-order valence-corrected chi connectivity index (χ1v) is 8.21. The Hall–Kier alpha value is -2.75. The molecule has 1 atom stereocenters. The molecule has 0 aliphatic carbocycles. The summed E-state index contributed by atoms with van der Waals surface area (Å²) in [6.45, 7) is 5.98. The van der Waals surface area contributed by atoms with Gasteiger partial charge in [0.1, 0.15) is 0 Å². The van der Waals surface area contributed by atoms with Crippen molar-refractivity contribution in [3.8, 4) is 0 Å². The van der Waals surface area contributed by atoms with E-state index < -0.39 is 0 Å². The van der Waals surface area contributed by atoms with Crippen LogP contribution in [0.1, 0.15) is 34.2 Å². The second-order valence-corrected chi connectivity index (χ2v) is 6.45. The Balaban J connectivity index is 1.77. The van der Waals surface area contributed by atoms with Gasteiger partial charge in [0.05, 0.1) is 22.4 Å². The second kappa shape index (κ2) is 5.41. The van der Waals surface area contributed by atoms with Crippen LogP contribution in [0, 0.1) is 13.8 Å². The van der Waals surface area contributed by atoms with Crippen LogP contribution < -0.4 is 4.90 Å². The summed E-state index contributed by atoms with van der Waals surface area (Å²) in [5, 5.41) is 0. The van der Waals surface area contributed by atoms with Crippen LogP contribution in [0.25, 0.3) is 11.0 Å². The number of anilines is 1. The number of aryl methyl sites for hydroxylation is 2. The van der Waals surface area contributed by atoms with Crippen molar-refractivity contribution in [1.29, 1.82) is 0 Å². The van der Waals surface area contributed by atoms with E-state index in [0.717, 1.165) is 34.5 Å². The highest BCUT2D eigenvalue weighted by atomic mass is 16.2. The summed E-state index contributed by atoms with van der Waals surface area (Å²) in [5.74, 6) is 0.0226. The molecule has 120 valence electrons. The molecular weight excluding hydrogens is 298 g/mol. The summed E-state index contributed by atoms with van der Waals surface area (Å²) in [6, 6.07) is 13.9. The quantitative estimate of drug-likeness (QED) is 0.685. The molecule has 1 aromatic heterocycles. The van der Waals surface area contributed by atoms with Crippen molar-refractivity contribution in [2.75, 3.05) is 4.90 Å². The van der Waals surface area contributed by atoms with Crippen LogP contribution in [0.3, 0.4) is 0 Å². The SMILES string of the molecule is Cc1nc2ccc(C(=O)N3c4ccccc4CC3C)cc2nc1C. The van der Waals surface area contributed by atoms with Crippen LogP contribution in [-0.2, 0) is 6.42 Å². The van der Waals surface area contributed by atoms with Gasteiger partial charge >= 0.3 is 0 Å². The minimum Gasteiger partial charge on any atom is -0.305 e. The Bertz CT molecular complexity index is 964. The zero-order valence-electron chi connectivity index (χ0n) is 14.1. The van der Waals surface area contributed by atoms with Gasteiger partial charge in [0, 0.05) is 17.3 Å². The largest absolute Gasteiger partial charge is 0.305 e. The number of nitrogens with zero attached hydrogens (tertiary/aromatic N) is 3. The molecule has 0 radical (unpaired) electrons. The molecule has 0 bridgehead atoms. The number of carbonyl (C=O) groups is 1. The maximum absolute atomic E-state index is 13.1. The van der Waals surface area contributed by atoms with Gasteiger partial charge in [-0.25, -0.2) is 9.97 Å². The fraction of sp³-hybridized carbons (Fsp3) is 0.250. The van der Waals surface area contributed by atoms with Crippen LogP contribution in [-0.4, -0.2) is 21.9 Å². The molecule has 4 heteroatoms. The lowest BCUT2D eigenvalue weighted by molar-refractivity contribution is 0.0981. The van der Waals surface area contributed by atoms with E-state index in [-0.39, 0.29) is 11.9 Å².